The van der Waals surface area contributed by atoms with Crippen LogP contribution in [0.2, 0.25) is 0 Å². The van der Waals surface area contributed by atoms with Gasteiger partial charge in [0.2, 0.25) is 0 Å². The first-order valence-electron chi connectivity index (χ1n) is 5.61. The van der Waals surface area contributed by atoms with Gasteiger partial charge in [0.1, 0.15) is 0 Å². The average Bonchev–Trinajstić information content (AvgIpc) is 2.31. The zero-order chi connectivity index (χ0) is 12.9. The highest BCUT2D eigenvalue weighted by Crippen LogP contribution is 2.22. The summed E-state index contributed by atoms with van der Waals surface area (Å²) in [6.07, 6.45) is 0.864. The topological polar surface area (TPSA) is 30.5 Å². The summed E-state index contributed by atoms with van der Waals surface area (Å²) in [5.74, 6) is -0.101. The van der Waals surface area contributed by atoms with Gasteiger partial charge in [-0.25, -0.2) is 4.39 Å². The van der Waals surface area contributed by atoms with E-state index >= 15 is 0 Å². The molecule has 0 aromatic heterocycles. The normalized spacial score (nSPS) is 11.4. The summed E-state index contributed by atoms with van der Waals surface area (Å²) in [4.78, 5) is 0. The van der Waals surface area contributed by atoms with Crippen molar-refractivity contribution in [1.29, 1.82) is 0 Å². The fraction of sp³-hybridized carbons (Fsp3) is 0.538. The molecule has 0 radical (unpaired) electrons. The van der Waals surface area contributed by atoms with Gasteiger partial charge in [-0.1, -0.05) is 0 Å². The van der Waals surface area contributed by atoms with Gasteiger partial charge in [-0.15, -0.1) is 0 Å². The van der Waals surface area contributed by atoms with Crippen LogP contribution in [0.4, 0.5) is 10.1 Å². The highest BCUT2D eigenvalue weighted by Gasteiger charge is 2.15. The van der Waals surface area contributed by atoms with E-state index in [4.69, 9.17) is 9.47 Å². The van der Waals surface area contributed by atoms with Crippen LogP contribution in [0.3, 0.4) is 0 Å². The van der Waals surface area contributed by atoms with Crippen LogP contribution in [0.5, 0.6) is 5.75 Å². The fourth-order valence-electron chi connectivity index (χ4n) is 1.38. The number of methoxy groups -OCH3 is 2. The van der Waals surface area contributed by atoms with Gasteiger partial charge in [-0.3, -0.25) is 0 Å². The first-order valence-corrected chi connectivity index (χ1v) is 5.61. The zero-order valence-electron chi connectivity index (χ0n) is 10.8. The molecule has 1 aromatic rings. The van der Waals surface area contributed by atoms with Crippen LogP contribution in [-0.2, 0) is 4.74 Å². The number of anilines is 1. The average molecular weight is 241 g/mol. The lowest BCUT2D eigenvalue weighted by molar-refractivity contribution is 0.0185. The molecule has 0 unspecified atom stereocenters. The maximum Gasteiger partial charge on any atom is 0.165 e. The van der Waals surface area contributed by atoms with E-state index in [1.54, 1.807) is 19.2 Å². The molecule has 0 aliphatic carbocycles. The Morgan fingerprint density at radius 3 is 2.59 bits per heavy atom. The number of halogens is 1. The quantitative estimate of drug-likeness (QED) is 0.830. The molecule has 3 nitrogen and oxygen atoms in total. The largest absolute Gasteiger partial charge is 0.494 e. The molecule has 0 fully saturated rings. The Bertz CT molecular complexity index is 366. The molecule has 4 heteroatoms. The predicted molar refractivity (Wildman–Crippen MR) is 67.1 cm³/mol. The first-order chi connectivity index (χ1) is 7.98. The molecule has 0 aliphatic heterocycles. The Hall–Kier alpha value is -1.29. The zero-order valence-corrected chi connectivity index (χ0v) is 10.8. The van der Waals surface area contributed by atoms with E-state index in [2.05, 4.69) is 5.32 Å². The maximum absolute atomic E-state index is 13.2. The van der Waals surface area contributed by atoms with Crippen molar-refractivity contribution in [3.63, 3.8) is 0 Å². The second-order valence-electron chi connectivity index (χ2n) is 4.49. The van der Waals surface area contributed by atoms with E-state index in [1.165, 1.54) is 13.2 Å². The van der Waals surface area contributed by atoms with Crippen LogP contribution in [0.1, 0.15) is 20.3 Å². The molecule has 0 heterocycles. The highest BCUT2D eigenvalue weighted by molar-refractivity contribution is 5.48. The lowest BCUT2D eigenvalue weighted by atomic mass is 10.1. The number of hydrogen-bond donors (Lipinski definition) is 1. The molecule has 0 atom stereocenters. The van der Waals surface area contributed by atoms with Gasteiger partial charge in [0.15, 0.2) is 11.6 Å². The Morgan fingerprint density at radius 2 is 2.00 bits per heavy atom. The van der Waals surface area contributed by atoms with Crippen LogP contribution in [0.15, 0.2) is 18.2 Å². The number of rotatable bonds is 6. The van der Waals surface area contributed by atoms with E-state index < -0.39 is 0 Å². The Kier molecular flexibility index (Phi) is 4.75. The van der Waals surface area contributed by atoms with Crippen LogP contribution in [0, 0.1) is 5.82 Å². The van der Waals surface area contributed by atoms with Gasteiger partial charge in [0.05, 0.1) is 12.7 Å². The molecular weight excluding hydrogens is 221 g/mol. The molecule has 0 saturated carbocycles. The van der Waals surface area contributed by atoms with E-state index in [0.29, 0.717) is 0 Å². The molecule has 0 aliphatic rings. The number of nitrogens with one attached hydrogen (secondary N) is 1. The Balaban J connectivity index is 2.53. The maximum atomic E-state index is 13.2. The second kappa shape index (κ2) is 5.87. The van der Waals surface area contributed by atoms with Crippen LogP contribution in [-0.4, -0.2) is 26.4 Å². The van der Waals surface area contributed by atoms with Gasteiger partial charge in [0, 0.05) is 25.4 Å². The summed E-state index contributed by atoms with van der Waals surface area (Å²) < 4.78 is 23.4. The fourth-order valence-corrected chi connectivity index (χ4v) is 1.38. The molecule has 1 N–H and O–H groups in total. The number of ether oxygens (including phenoxy) is 2. The van der Waals surface area contributed by atoms with Crippen molar-refractivity contribution < 1.29 is 13.9 Å². The summed E-state index contributed by atoms with van der Waals surface area (Å²) >= 11 is 0. The Morgan fingerprint density at radius 1 is 1.29 bits per heavy atom. The minimum absolute atomic E-state index is 0.156. The number of benzene rings is 1. The molecule has 0 spiro atoms. The first kappa shape index (κ1) is 13.8. The van der Waals surface area contributed by atoms with Crippen LogP contribution in [0.25, 0.3) is 0 Å². The molecule has 17 heavy (non-hydrogen) atoms. The van der Waals surface area contributed by atoms with Crippen molar-refractivity contribution in [2.45, 2.75) is 25.9 Å². The Labute approximate surface area is 102 Å². The van der Waals surface area contributed by atoms with Crippen LogP contribution >= 0.6 is 0 Å². The molecule has 1 aromatic carbocycles. The third-order valence-corrected chi connectivity index (χ3v) is 2.76. The van der Waals surface area contributed by atoms with Crippen LogP contribution < -0.4 is 10.1 Å². The van der Waals surface area contributed by atoms with Gasteiger partial charge in [-0.05, 0) is 32.4 Å². The molecule has 0 saturated heterocycles. The van der Waals surface area contributed by atoms with Crippen molar-refractivity contribution >= 4 is 5.69 Å². The van der Waals surface area contributed by atoms with Gasteiger partial charge in [-0.2, -0.15) is 0 Å². The second-order valence-corrected chi connectivity index (χ2v) is 4.49. The number of hydrogen-bond acceptors (Lipinski definition) is 3. The minimum Gasteiger partial charge on any atom is -0.494 e. The SMILES string of the molecule is COc1cc(NCCC(C)(C)OC)ccc1F. The smallest absolute Gasteiger partial charge is 0.165 e. The van der Waals surface area contributed by atoms with Crippen molar-refractivity contribution in [3.8, 4) is 5.75 Å². The van der Waals surface area contributed by atoms with E-state index in [1.807, 2.05) is 13.8 Å². The van der Waals surface area contributed by atoms with Gasteiger partial charge in [0.25, 0.3) is 0 Å². The van der Waals surface area contributed by atoms with Gasteiger partial charge < -0.3 is 14.8 Å². The summed E-state index contributed by atoms with van der Waals surface area (Å²) in [6.45, 7) is 4.81. The third kappa shape index (κ3) is 4.23. The van der Waals surface area contributed by atoms with Crippen molar-refractivity contribution in [3.05, 3.63) is 24.0 Å². The van der Waals surface area contributed by atoms with Crippen molar-refractivity contribution in [2.24, 2.45) is 0 Å². The minimum atomic E-state index is -0.352. The van der Waals surface area contributed by atoms with E-state index in [-0.39, 0.29) is 17.2 Å². The van der Waals surface area contributed by atoms with Crippen molar-refractivity contribution in [1.82, 2.24) is 0 Å². The summed E-state index contributed by atoms with van der Waals surface area (Å²) in [5.41, 5.74) is 0.687. The molecule has 96 valence electrons. The lowest BCUT2D eigenvalue weighted by Gasteiger charge is -2.23. The highest BCUT2D eigenvalue weighted by atomic mass is 19.1. The molecule has 1 rings (SSSR count). The van der Waals surface area contributed by atoms with Gasteiger partial charge >= 0.3 is 0 Å². The molecule has 0 amide bonds. The third-order valence-electron chi connectivity index (χ3n) is 2.76. The summed E-state index contributed by atoms with van der Waals surface area (Å²) in [7, 11) is 3.15. The summed E-state index contributed by atoms with van der Waals surface area (Å²) in [6, 6.07) is 4.73. The van der Waals surface area contributed by atoms with E-state index in [9.17, 15) is 4.39 Å². The molecular formula is C13H20FNO2. The summed E-state index contributed by atoms with van der Waals surface area (Å²) in [5, 5.41) is 3.21. The van der Waals surface area contributed by atoms with E-state index in [0.717, 1.165) is 18.7 Å². The molecule has 0 bridgehead atoms. The lowest BCUT2D eigenvalue weighted by Crippen LogP contribution is -2.25. The monoisotopic (exact) mass is 241 g/mol. The standard InChI is InChI=1S/C13H20FNO2/c1-13(2,17-4)7-8-15-10-5-6-11(14)12(9-10)16-3/h5-6,9,15H,7-8H2,1-4H3. The predicted octanol–water partition coefficient (Wildman–Crippen LogP) is 3.06. The van der Waals surface area contributed by atoms with Crippen molar-refractivity contribution in [2.75, 3.05) is 26.1 Å².